The van der Waals surface area contributed by atoms with Crippen molar-refractivity contribution in [3.63, 3.8) is 0 Å². The third-order valence-corrected chi connectivity index (χ3v) is 3.87. The first-order valence-electron chi connectivity index (χ1n) is 5.44. The second-order valence-corrected chi connectivity index (χ2v) is 5.47. The predicted octanol–water partition coefficient (Wildman–Crippen LogP) is 3.61. The van der Waals surface area contributed by atoms with E-state index in [1.807, 2.05) is 0 Å². The van der Waals surface area contributed by atoms with Gasteiger partial charge < -0.3 is 4.74 Å². The van der Waals surface area contributed by atoms with Gasteiger partial charge in [0.05, 0.1) is 10.9 Å². The topological polar surface area (TPSA) is 43.4 Å². The lowest BCUT2D eigenvalue weighted by molar-refractivity contribution is -0.137. The molecule has 0 aliphatic heterocycles. The van der Waals surface area contributed by atoms with E-state index in [4.69, 9.17) is 16.3 Å². The van der Waals surface area contributed by atoms with Crippen LogP contribution in [0.4, 0.5) is 0 Å². The maximum Gasteiger partial charge on any atom is 0.379 e. The van der Waals surface area contributed by atoms with Crippen LogP contribution in [0.15, 0.2) is 18.2 Å². The first kappa shape index (κ1) is 13.1. The third kappa shape index (κ3) is 2.26. The molecule has 0 spiro atoms. The number of benzene rings is 1. The number of carbonyl (C=O) groups excluding carboxylic acids is 2. The van der Waals surface area contributed by atoms with Crippen molar-refractivity contribution >= 4 is 44.8 Å². The van der Waals surface area contributed by atoms with Crippen LogP contribution >= 0.6 is 22.9 Å². The smallest absolute Gasteiger partial charge is 0.379 e. The summed E-state index contributed by atoms with van der Waals surface area (Å²) in [4.78, 5) is 23.3. The van der Waals surface area contributed by atoms with Gasteiger partial charge in [-0.05, 0) is 43.0 Å². The SMILES string of the molecule is CCOC(=O)C(=O)c1ccc2sc(Cl)cc2c1C. The molecule has 0 saturated heterocycles. The Morgan fingerprint density at radius 2 is 2.11 bits per heavy atom. The fraction of sp³-hybridized carbons (Fsp3) is 0.231. The highest BCUT2D eigenvalue weighted by Crippen LogP contribution is 2.32. The Balaban J connectivity index is 2.48. The Labute approximate surface area is 113 Å². The molecule has 94 valence electrons. The number of fused-ring (bicyclic) bond motifs is 1. The summed E-state index contributed by atoms with van der Waals surface area (Å²) in [6, 6.07) is 5.24. The summed E-state index contributed by atoms with van der Waals surface area (Å²) in [5, 5.41) is 0.903. The van der Waals surface area contributed by atoms with Crippen molar-refractivity contribution in [1.29, 1.82) is 0 Å². The van der Waals surface area contributed by atoms with Gasteiger partial charge in [0.15, 0.2) is 0 Å². The zero-order chi connectivity index (χ0) is 13.3. The van der Waals surface area contributed by atoms with E-state index < -0.39 is 11.8 Å². The molecule has 0 unspecified atom stereocenters. The number of ketones is 1. The molecule has 0 radical (unpaired) electrons. The first-order valence-corrected chi connectivity index (χ1v) is 6.64. The van der Waals surface area contributed by atoms with Crippen molar-refractivity contribution in [3.05, 3.63) is 33.7 Å². The number of ether oxygens (including phenoxy) is 1. The van der Waals surface area contributed by atoms with Crippen LogP contribution in [0.2, 0.25) is 4.34 Å². The number of halogens is 1. The number of thiophene rings is 1. The van der Waals surface area contributed by atoms with Crippen molar-refractivity contribution < 1.29 is 14.3 Å². The maximum absolute atomic E-state index is 11.9. The van der Waals surface area contributed by atoms with Crippen LogP contribution in [0.3, 0.4) is 0 Å². The van der Waals surface area contributed by atoms with E-state index in [1.54, 1.807) is 32.0 Å². The normalized spacial score (nSPS) is 10.6. The Morgan fingerprint density at radius 3 is 2.78 bits per heavy atom. The van der Waals surface area contributed by atoms with Gasteiger partial charge in [-0.3, -0.25) is 4.79 Å². The van der Waals surface area contributed by atoms with Crippen molar-refractivity contribution in [2.45, 2.75) is 13.8 Å². The monoisotopic (exact) mass is 282 g/mol. The van der Waals surface area contributed by atoms with Gasteiger partial charge in [0.2, 0.25) is 0 Å². The first-order chi connectivity index (χ1) is 8.54. The van der Waals surface area contributed by atoms with Gasteiger partial charge in [0, 0.05) is 10.3 Å². The predicted molar refractivity (Wildman–Crippen MR) is 72.5 cm³/mol. The fourth-order valence-corrected chi connectivity index (χ4v) is 2.98. The zero-order valence-electron chi connectivity index (χ0n) is 9.95. The van der Waals surface area contributed by atoms with Crippen molar-refractivity contribution in [2.24, 2.45) is 0 Å². The average Bonchev–Trinajstić information content (AvgIpc) is 2.71. The molecule has 2 aromatic rings. The van der Waals surface area contributed by atoms with Gasteiger partial charge in [0.1, 0.15) is 0 Å². The molecule has 0 fully saturated rings. The van der Waals surface area contributed by atoms with E-state index in [2.05, 4.69) is 0 Å². The van der Waals surface area contributed by atoms with Crippen LogP contribution in [0.25, 0.3) is 10.1 Å². The highest BCUT2D eigenvalue weighted by atomic mass is 35.5. The standard InChI is InChI=1S/C13H11ClO3S/c1-3-17-13(16)12(15)8-4-5-10-9(7(8)2)6-11(14)18-10/h4-6H,3H2,1-2H3. The number of aryl methyl sites for hydroxylation is 1. The number of hydrogen-bond donors (Lipinski definition) is 0. The van der Waals surface area contributed by atoms with Gasteiger partial charge in [-0.1, -0.05) is 11.6 Å². The van der Waals surface area contributed by atoms with Crippen LogP contribution < -0.4 is 0 Å². The van der Waals surface area contributed by atoms with E-state index in [1.165, 1.54) is 11.3 Å². The zero-order valence-corrected chi connectivity index (χ0v) is 11.5. The van der Waals surface area contributed by atoms with Gasteiger partial charge >= 0.3 is 5.97 Å². The Morgan fingerprint density at radius 1 is 1.39 bits per heavy atom. The lowest BCUT2D eigenvalue weighted by Crippen LogP contribution is -2.18. The summed E-state index contributed by atoms with van der Waals surface area (Å²) in [5.41, 5.74) is 1.13. The summed E-state index contributed by atoms with van der Waals surface area (Å²) in [6.45, 7) is 3.66. The molecule has 5 heteroatoms. The van der Waals surface area contributed by atoms with E-state index >= 15 is 0 Å². The number of esters is 1. The van der Waals surface area contributed by atoms with Crippen LogP contribution in [-0.4, -0.2) is 18.4 Å². The Bertz CT molecular complexity index is 630. The second-order valence-electron chi connectivity index (χ2n) is 3.75. The Hall–Kier alpha value is -1.39. The molecule has 2 rings (SSSR count). The molecule has 3 nitrogen and oxygen atoms in total. The summed E-state index contributed by atoms with van der Waals surface area (Å²) in [5.74, 6) is -1.43. The minimum absolute atomic E-state index is 0.191. The average molecular weight is 283 g/mol. The molecule has 0 atom stereocenters. The van der Waals surface area contributed by atoms with Gasteiger partial charge in [-0.25, -0.2) is 4.79 Å². The fourth-order valence-electron chi connectivity index (χ4n) is 1.77. The number of Topliss-reactive ketones (excluding diaryl/α,β-unsaturated/α-hetero) is 1. The lowest BCUT2D eigenvalue weighted by Gasteiger charge is -2.05. The van der Waals surface area contributed by atoms with Crippen molar-refractivity contribution in [3.8, 4) is 0 Å². The molecule has 1 aromatic heterocycles. The van der Waals surface area contributed by atoms with E-state index in [9.17, 15) is 9.59 Å². The Kier molecular flexibility index (Phi) is 3.68. The van der Waals surface area contributed by atoms with Gasteiger partial charge in [-0.15, -0.1) is 11.3 Å². The minimum Gasteiger partial charge on any atom is -0.460 e. The molecular weight excluding hydrogens is 272 g/mol. The molecule has 1 aromatic carbocycles. The quantitative estimate of drug-likeness (QED) is 0.491. The van der Waals surface area contributed by atoms with Crippen LogP contribution in [0.5, 0.6) is 0 Å². The van der Waals surface area contributed by atoms with E-state index in [0.717, 1.165) is 15.6 Å². The number of carbonyl (C=O) groups is 2. The molecule has 1 heterocycles. The van der Waals surface area contributed by atoms with Crippen LogP contribution in [0.1, 0.15) is 22.8 Å². The van der Waals surface area contributed by atoms with Crippen LogP contribution in [0, 0.1) is 6.92 Å². The van der Waals surface area contributed by atoms with Crippen molar-refractivity contribution in [2.75, 3.05) is 6.61 Å². The molecule has 0 aliphatic carbocycles. The molecule has 0 bridgehead atoms. The highest BCUT2D eigenvalue weighted by Gasteiger charge is 2.20. The number of hydrogen-bond acceptors (Lipinski definition) is 4. The molecule has 0 aliphatic rings. The third-order valence-electron chi connectivity index (χ3n) is 2.65. The summed E-state index contributed by atoms with van der Waals surface area (Å²) in [6.07, 6.45) is 0. The summed E-state index contributed by atoms with van der Waals surface area (Å²) < 4.78 is 6.38. The van der Waals surface area contributed by atoms with Gasteiger partial charge in [0.25, 0.3) is 5.78 Å². The van der Waals surface area contributed by atoms with E-state index in [-0.39, 0.29) is 6.61 Å². The summed E-state index contributed by atoms with van der Waals surface area (Å²) >= 11 is 7.38. The van der Waals surface area contributed by atoms with Crippen LogP contribution in [-0.2, 0) is 9.53 Å². The largest absolute Gasteiger partial charge is 0.460 e. The minimum atomic E-state index is -0.818. The van der Waals surface area contributed by atoms with Gasteiger partial charge in [-0.2, -0.15) is 0 Å². The number of rotatable bonds is 3. The second kappa shape index (κ2) is 5.08. The molecule has 18 heavy (non-hydrogen) atoms. The molecule has 0 N–H and O–H groups in total. The molecule has 0 amide bonds. The summed E-state index contributed by atoms with van der Waals surface area (Å²) in [7, 11) is 0. The van der Waals surface area contributed by atoms with Crippen molar-refractivity contribution in [1.82, 2.24) is 0 Å². The highest BCUT2D eigenvalue weighted by molar-refractivity contribution is 7.22. The molecular formula is C13H11ClO3S. The lowest BCUT2D eigenvalue weighted by atomic mass is 10.0. The maximum atomic E-state index is 11.9. The molecule has 0 saturated carbocycles. The van der Waals surface area contributed by atoms with E-state index in [0.29, 0.717) is 9.90 Å².